The number of primary amides is 1. The van der Waals surface area contributed by atoms with Crippen LogP contribution in [0.2, 0.25) is 0 Å². The SMILES string of the molecule is CC(Cc1ccc([N+](=O)[O-])cc1)(C(N)=O)C(=O)O. The van der Waals surface area contributed by atoms with Crippen LogP contribution in [-0.2, 0) is 16.0 Å². The molecule has 0 aliphatic heterocycles. The van der Waals surface area contributed by atoms with Crippen molar-refractivity contribution < 1.29 is 19.6 Å². The van der Waals surface area contributed by atoms with E-state index in [4.69, 9.17) is 10.8 Å². The molecule has 0 bridgehead atoms. The molecule has 0 saturated heterocycles. The number of nitro benzene ring substituents is 1. The van der Waals surface area contributed by atoms with Crippen molar-refractivity contribution >= 4 is 17.6 Å². The Morgan fingerprint density at radius 1 is 1.39 bits per heavy atom. The Labute approximate surface area is 102 Å². The monoisotopic (exact) mass is 252 g/mol. The molecule has 0 radical (unpaired) electrons. The summed E-state index contributed by atoms with van der Waals surface area (Å²) in [6.45, 7) is 1.22. The molecule has 1 atom stereocenters. The van der Waals surface area contributed by atoms with Gasteiger partial charge in [-0.3, -0.25) is 19.7 Å². The van der Waals surface area contributed by atoms with Crippen LogP contribution in [0.25, 0.3) is 0 Å². The number of benzene rings is 1. The minimum absolute atomic E-state index is 0.102. The van der Waals surface area contributed by atoms with E-state index in [9.17, 15) is 19.7 Å². The van der Waals surface area contributed by atoms with Gasteiger partial charge in [0.1, 0.15) is 5.41 Å². The van der Waals surface area contributed by atoms with E-state index >= 15 is 0 Å². The number of nitrogens with zero attached hydrogens (tertiary/aromatic N) is 1. The predicted molar refractivity (Wildman–Crippen MR) is 61.7 cm³/mol. The minimum Gasteiger partial charge on any atom is -0.480 e. The number of carboxylic acids is 1. The van der Waals surface area contributed by atoms with E-state index < -0.39 is 22.2 Å². The van der Waals surface area contributed by atoms with Crippen molar-refractivity contribution in [3.8, 4) is 0 Å². The van der Waals surface area contributed by atoms with Gasteiger partial charge in [-0.25, -0.2) is 0 Å². The maximum absolute atomic E-state index is 11.2. The summed E-state index contributed by atoms with van der Waals surface area (Å²) in [5.41, 5.74) is 3.73. The largest absolute Gasteiger partial charge is 0.480 e. The van der Waals surface area contributed by atoms with E-state index in [2.05, 4.69) is 0 Å². The Hall–Kier alpha value is -2.44. The summed E-state index contributed by atoms with van der Waals surface area (Å²) in [4.78, 5) is 32.1. The summed E-state index contributed by atoms with van der Waals surface area (Å²) in [7, 11) is 0. The van der Waals surface area contributed by atoms with E-state index in [1.54, 1.807) is 0 Å². The van der Waals surface area contributed by atoms with Crippen LogP contribution in [0.3, 0.4) is 0 Å². The fourth-order valence-corrected chi connectivity index (χ4v) is 1.41. The molecule has 0 aromatic heterocycles. The van der Waals surface area contributed by atoms with Gasteiger partial charge in [-0.1, -0.05) is 12.1 Å². The third-order valence-electron chi connectivity index (χ3n) is 2.72. The normalized spacial score (nSPS) is 13.6. The van der Waals surface area contributed by atoms with Crippen LogP contribution < -0.4 is 5.73 Å². The van der Waals surface area contributed by atoms with Crippen LogP contribution >= 0.6 is 0 Å². The number of nitro groups is 1. The van der Waals surface area contributed by atoms with Crippen molar-refractivity contribution in [2.24, 2.45) is 11.1 Å². The quantitative estimate of drug-likeness (QED) is 0.453. The average Bonchev–Trinajstić information content (AvgIpc) is 2.29. The third kappa shape index (κ3) is 2.62. The van der Waals surface area contributed by atoms with Gasteiger partial charge in [-0.05, 0) is 18.9 Å². The van der Waals surface area contributed by atoms with Gasteiger partial charge in [0.15, 0.2) is 0 Å². The van der Waals surface area contributed by atoms with Gasteiger partial charge < -0.3 is 10.8 Å². The summed E-state index contributed by atoms with van der Waals surface area (Å²) in [6, 6.07) is 5.31. The fourth-order valence-electron chi connectivity index (χ4n) is 1.41. The number of rotatable bonds is 5. The lowest BCUT2D eigenvalue weighted by molar-refractivity contribution is -0.384. The lowest BCUT2D eigenvalue weighted by atomic mass is 9.83. The van der Waals surface area contributed by atoms with E-state index in [0.717, 1.165) is 0 Å². The van der Waals surface area contributed by atoms with Gasteiger partial charge in [-0.15, -0.1) is 0 Å². The van der Waals surface area contributed by atoms with Crippen LogP contribution in [-0.4, -0.2) is 21.9 Å². The van der Waals surface area contributed by atoms with Gasteiger partial charge in [0.05, 0.1) is 4.92 Å². The summed E-state index contributed by atoms with van der Waals surface area (Å²) in [5, 5.41) is 19.4. The number of nitrogens with two attached hydrogens (primary N) is 1. The Bertz CT molecular complexity index is 481. The van der Waals surface area contributed by atoms with E-state index in [1.807, 2.05) is 0 Å². The maximum Gasteiger partial charge on any atom is 0.319 e. The predicted octanol–water partition coefficient (Wildman–Crippen LogP) is 0.713. The Kier molecular flexibility index (Phi) is 3.65. The maximum atomic E-state index is 11.2. The van der Waals surface area contributed by atoms with Crippen LogP contribution in [0, 0.1) is 15.5 Å². The molecule has 0 spiro atoms. The number of non-ortho nitro benzene ring substituents is 1. The van der Waals surface area contributed by atoms with Crippen LogP contribution in [0.15, 0.2) is 24.3 Å². The lowest BCUT2D eigenvalue weighted by Crippen LogP contribution is -2.43. The molecule has 1 rings (SSSR count). The molecular weight excluding hydrogens is 240 g/mol. The van der Waals surface area contributed by atoms with Crippen LogP contribution in [0.5, 0.6) is 0 Å². The highest BCUT2D eigenvalue weighted by molar-refractivity contribution is 6.00. The Morgan fingerprint density at radius 3 is 2.22 bits per heavy atom. The standard InChI is InChI=1S/C11H12N2O5/c1-11(9(12)14,10(15)16)6-7-2-4-8(5-3-7)13(17)18/h2-5H,6H2,1H3,(H2,12,14)(H,15,16). The summed E-state index contributed by atoms with van der Waals surface area (Å²) in [5.74, 6) is -2.28. The van der Waals surface area contributed by atoms with Crippen LogP contribution in [0.1, 0.15) is 12.5 Å². The zero-order valence-corrected chi connectivity index (χ0v) is 9.62. The number of hydrogen-bond donors (Lipinski definition) is 2. The van der Waals surface area contributed by atoms with Crippen molar-refractivity contribution in [2.45, 2.75) is 13.3 Å². The van der Waals surface area contributed by atoms with Crippen molar-refractivity contribution in [3.63, 3.8) is 0 Å². The van der Waals surface area contributed by atoms with Gasteiger partial charge >= 0.3 is 5.97 Å². The number of hydrogen-bond acceptors (Lipinski definition) is 4. The highest BCUT2D eigenvalue weighted by Crippen LogP contribution is 2.24. The average molecular weight is 252 g/mol. The molecule has 0 fully saturated rings. The Morgan fingerprint density at radius 2 is 1.89 bits per heavy atom. The first kappa shape index (κ1) is 13.6. The molecule has 7 nitrogen and oxygen atoms in total. The molecule has 1 amide bonds. The molecule has 0 heterocycles. The molecule has 1 aromatic rings. The number of amides is 1. The smallest absolute Gasteiger partial charge is 0.319 e. The molecule has 0 aliphatic rings. The van der Waals surface area contributed by atoms with Gasteiger partial charge in [-0.2, -0.15) is 0 Å². The highest BCUT2D eigenvalue weighted by atomic mass is 16.6. The third-order valence-corrected chi connectivity index (χ3v) is 2.72. The summed E-state index contributed by atoms with van der Waals surface area (Å²) < 4.78 is 0. The van der Waals surface area contributed by atoms with Crippen molar-refractivity contribution in [2.75, 3.05) is 0 Å². The van der Waals surface area contributed by atoms with Gasteiger partial charge in [0.2, 0.25) is 5.91 Å². The summed E-state index contributed by atoms with van der Waals surface area (Å²) in [6.07, 6.45) is -0.115. The molecule has 1 unspecified atom stereocenters. The zero-order chi connectivity index (χ0) is 13.9. The number of aliphatic carboxylic acids is 1. The topological polar surface area (TPSA) is 124 Å². The van der Waals surface area contributed by atoms with Gasteiger partial charge in [0, 0.05) is 12.1 Å². The number of carboxylic acid groups (broad SMARTS) is 1. The minimum atomic E-state index is -1.73. The Balaban J connectivity index is 2.99. The van der Waals surface area contributed by atoms with E-state index in [1.165, 1.54) is 31.2 Å². The van der Waals surface area contributed by atoms with E-state index in [-0.39, 0.29) is 12.1 Å². The lowest BCUT2D eigenvalue weighted by Gasteiger charge is -2.20. The fraction of sp³-hybridized carbons (Fsp3) is 0.273. The first-order chi connectivity index (χ1) is 8.27. The van der Waals surface area contributed by atoms with E-state index in [0.29, 0.717) is 5.56 Å². The molecule has 3 N–H and O–H groups in total. The second kappa shape index (κ2) is 4.82. The molecule has 7 heteroatoms. The number of carbonyl (C=O) groups is 2. The second-order valence-corrected chi connectivity index (χ2v) is 4.10. The van der Waals surface area contributed by atoms with Crippen LogP contribution in [0.4, 0.5) is 5.69 Å². The molecule has 96 valence electrons. The number of carbonyl (C=O) groups excluding carboxylic acids is 1. The van der Waals surface area contributed by atoms with Gasteiger partial charge in [0.25, 0.3) is 5.69 Å². The van der Waals surface area contributed by atoms with Crippen molar-refractivity contribution in [3.05, 3.63) is 39.9 Å². The molecule has 18 heavy (non-hydrogen) atoms. The highest BCUT2D eigenvalue weighted by Gasteiger charge is 2.39. The van der Waals surface area contributed by atoms with Crippen molar-refractivity contribution in [1.82, 2.24) is 0 Å². The summed E-state index contributed by atoms with van der Waals surface area (Å²) >= 11 is 0. The molecule has 0 aliphatic carbocycles. The van der Waals surface area contributed by atoms with Crippen molar-refractivity contribution in [1.29, 1.82) is 0 Å². The molecule has 0 saturated carbocycles. The second-order valence-electron chi connectivity index (χ2n) is 4.10. The first-order valence-electron chi connectivity index (χ1n) is 5.04. The molecular formula is C11H12N2O5. The zero-order valence-electron chi connectivity index (χ0n) is 9.62. The molecule has 1 aromatic carbocycles. The first-order valence-corrected chi connectivity index (χ1v) is 5.04.